The van der Waals surface area contributed by atoms with Gasteiger partial charge in [0.15, 0.2) is 0 Å². The Bertz CT molecular complexity index is 538. The Morgan fingerprint density at radius 2 is 2.07 bits per heavy atom. The second-order valence-corrected chi connectivity index (χ2v) is 5.92. The molecule has 1 aliphatic rings. The second kappa shape index (κ2) is 3.21. The van der Waals surface area contributed by atoms with Gasteiger partial charge in [0.2, 0.25) is 0 Å². The van der Waals surface area contributed by atoms with Crippen molar-refractivity contribution in [3.8, 4) is 0 Å². The molecule has 1 aromatic rings. The van der Waals surface area contributed by atoms with Crippen molar-refractivity contribution >= 4 is 25.6 Å². The van der Waals surface area contributed by atoms with E-state index in [2.05, 4.69) is 0 Å². The largest absolute Gasteiger partial charge is 0.337 e. The molecule has 4 nitrogen and oxygen atoms in total. The van der Waals surface area contributed by atoms with Crippen molar-refractivity contribution in [2.45, 2.75) is 11.4 Å². The summed E-state index contributed by atoms with van der Waals surface area (Å²) in [6, 6.07) is 4.65. The number of hydrogen-bond acceptors (Lipinski definition) is 3. The molecule has 0 saturated heterocycles. The van der Waals surface area contributed by atoms with Crippen LogP contribution in [0.4, 0.5) is 0 Å². The molecule has 6 heteroatoms. The first kappa shape index (κ1) is 10.4. The van der Waals surface area contributed by atoms with E-state index in [0.29, 0.717) is 12.1 Å². The van der Waals surface area contributed by atoms with Crippen molar-refractivity contribution in [3.63, 3.8) is 0 Å². The second-order valence-electron chi connectivity index (χ2n) is 3.39. The van der Waals surface area contributed by atoms with E-state index in [9.17, 15) is 13.2 Å². The number of carbonyl (C=O) groups excluding carboxylic acids is 1. The van der Waals surface area contributed by atoms with Gasteiger partial charge in [-0.15, -0.1) is 0 Å². The molecule has 2 rings (SSSR count). The number of rotatable bonds is 1. The first-order valence-electron chi connectivity index (χ1n) is 4.23. The van der Waals surface area contributed by atoms with Crippen LogP contribution in [0.2, 0.25) is 0 Å². The number of halogens is 1. The Kier molecular flexibility index (Phi) is 2.24. The quantitative estimate of drug-likeness (QED) is 0.699. The van der Waals surface area contributed by atoms with Crippen molar-refractivity contribution < 1.29 is 13.2 Å². The van der Waals surface area contributed by atoms with Crippen LogP contribution in [0.25, 0.3) is 0 Å². The summed E-state index contributed by atoms with van der Waals surface area (Å²) < 4.78 is 22.5. The molecule has 0 N–H and O–H groups in total. The molecule has 0 unspecified atom stereocenters. The Morgan fingerprint density at radius 1 is 1.40 bits per heavy atom. The molecule has 80 valence electrons. The minimum Gasteiger partial charge on any atom is -0.337 e. The van der Waals surface area contributed by atoms with Gasteiger partial charge >= 0.3 is 0 Å². The molecule has 1 aromatic carbocycles. The van der Waals surface area contributed by atoms with Crippen LogP contribution < -0.4 is 0 Å². The number of hydrogen-bond donors (Lipinski definition) is 0. The third-order valence-corrected chi connectivity index (χ3v) is 3.71. The predicted octanol–water partition coefficient (Wildman–Crippen LogP) is 1.20. The molecule has 0 saturated carbocycles. The molecule has 1 heterocycles. The fraction of sp³-hybridized carbons (Fsp3) is 0.222. The number of fused-ring (bicyclic) bond motifs is 1. The van der Waals surface area contributed by atoms with Gasteiger partial charge in [-0.2, -0.15) is 0 Å². The number of nitrogens with zero attached hydrogens (tertiary/aromatic N) is 1. The van der Waals surface area contributed by atoms with Gasteiger partial charge in [-0.25, -0.2) is 8.42 Å². The third kappa shape index (κ3) is 1.61. The highest BCUT2D eigenvalue weighted by molar-refractivity contribution is 8.13. The maximum absolute atomic E-state index is 11.7. The Balaban J connectivity index is 2.73. The van der Waals surface area contributed by atoms with Crippen LogP contribution >= 0.6 is 10.7 Å². The van der Waals surface area contributed by atoms with E-state index in [1.807, 2.05) is 0 Å². The molecule has 0 bridgehead atoms. The topological polar surface area (TPSA) is 54.5 Å². The zero-order valence-corrected chi connectivity index (χ0v) is 9.47. The standard InChI is InChI=1S/C9H8ClNO3S/c1-11-5-6-3-2-4-7(15(10,13)14)8(6)9(11)12/h2-4H,5H2,1H3. The Hall–Kier alpha value is -1.07. The molecular formula is C9H8ClNO3S. The molecule has 0 atom stereocenters. The fourth-order valence-electron chi connectivity index (χ4n) is 1.67. The van der Waals surface area contributed by atoms with Gasteiger partial charge in [0.25, 0.3) is 15.0 Å². The molecule has 1 amide bonds. The molecular weight excluding hydrogens is 238 g/mol. The van der Waals surface area contributed by atoms with Gasteiger partial charge in [0.05, 0.1) is 10.5 Å². The van der Waals surface area contributed by atoms with Crippen molar-refractivity contribution in [1.29, 1.82) is 0 Å². The summed E-state index contributed by atoms with van der Waals surface area (Å²) in [5, 5.41) is 0. The number of carbonyl (C=O) groups is 1. The van der Waals surface area contributed by atoms with Crippen LogP contribution in [-0.2, 0) is 15.6 Å². The van der Waals surface area contributed by atoms with Crippen molar-refractivity contribution in [1.82, 2.24) is 4.90 Å². The first-order valence-corrected chi connectivity index (χ1v) is 6.54. The maximum Gasteiger partial charge on any atom is 0.262 e. The van der Waals surface area contributed by atoms with E-state index in [1.165, 1.54) is 11.0 Å². The summed E-state index contributed by atoms with van der Waals surface area (Å²) in [6.07, 6.45) is 0. The van der Waals surface area contributed by atoms with E-state index in [1.54, 1.807) is 19.2 Å². The van der Waals surface area contributed by atoms with Crippen LogP contribution in [0.15, 0.2) is 23.1 Å². The van der Waals surface area contributed by atoms with E-state index in [0.717, 1.165) is 0 Å². The summed E-state index contributed by atoms with van der Waals surface area (Å²) in [6.45, 7) is 0.425. The van der Waals surface area contributed by atoms with Crippen LogP contribution in [0.5, 0.6) is 0 Å². The van der Waals surface area contributed by atoms with E-state index >= 15 is 0 Å². The highest BCUT2D eigenvalue weighted by atomic mass is 35.7. The maximum atomic E-state index is 11.7. The lowest BCUT2D eigenvalue weighted by Crippen LogP contribution is -2.18. The van der Waals surface area contributed by atoms with Gasteiger partial charge in [0.1, 0.15) is 0 Å². The molecule has 0 aliphatic carbocycles. The highest BCUT2D eigenvalue weighted by Gasteiger charge is 2.31. The lowest BCUT2D eigenvalue weighted by Gasteiger charge is -2.05. The zero-order chi connectivity index (χ0) is 11.2. The highest BCUT2D eigenvalue weighted by Crippen LogP contribution is 2.29. The molecule has 0 fully saturated rings. The Morgan fingerprint density at radius 3 is 2.67 bits per heavy atom. The van der Waals surface area contributed by atoms with Gasteiger partial charge in [-0.05, 0) is 11.6 Å². The van der Waals surface area contributed by atoms with Crippen LogP contribution in [-0.4, -0.2) is 26.3 Å². The average Bonchev–Trinajstić information content (AvgIpc) is 2.41. The normalized spacial score (nSPS) is 15.6. The van der Waals surface area contributed by atoms with Crippen LogP contribution in [0.3, 0.4) is 0 Å². The minimum absolute atomic E-state index is 0.101. The number of amides is 1. The van der Waals surface area contributed by atoms with Crippen molar-refractivity contribution in [2.24, 2.45) is 0 Å². The summed E-state index contributed by atoms with van der Waals surface area (Å²) in [5.41, 5.74) is 0.902. The summed E-state index contributed by atoms with van der Waals surface area (Å²) >= 11 is 0. The molecule has 0 aromatic heterocycles. The van der Waals surface area contributed by atoms with Gasteiger partial charge in [-0.1, -0.05) is 12.1 Å². The van der Waals surface area contributed by atoms with E-state index in [4.69, 9.17) is 10.7 Å². The third-order valence-electron chi connectivity index (χ3n) is 2.34. The van der Waals surface area contributed by atoms with Crippen molar-refractivity contribution in [3.05, 3.63) is 29.3 Å². The smallest absolute Gasteiger partial charge is 0.262 e. The molecule has 0 radical (unpaired) electrons. The van der Waals surface area contributed by atoms with Crippen molar-refractivity contribution in [2.75, 3.05) is 7.05 Å². The SMILES string of the molecule is CN1Cc2cccc(S(=O)(=O)Cl)c2C1=O. The first-order chi connectivity index (χ1) is 6.91. The lowest BCUT2D eigenvalue weighted by atomic mass is 10.1. The molecule has 15 heavy (non-hydrogen) atoms. The molecule has 1 aliphatic heterocycles. The van der Waals surface area contributed by atoms with E-state index in [-0.39, 0.29) is 16.4 Å². The summed E-state index contributed by atoms with van der Waals surface area (Å²) in [5.74, 6) is -0.301. The molecule has 0 spiro atoms. The fourth-order valence-corrected chi connectivity index (χ4v) is 2.76. The summed E-state index contributed by atoms with van der Waals surface area (Å²) in [4.78, 5) is 13.0. The predicted molar refractivity (Wildman–Crippen MR) is 55.3 cm³/mol. The van der Waals surface area contributed by atoms with Gasteiger partial charge < -0.3 is 4.90 Å². The Labute approximate surface area is 91.9 Å². The minimum atomic E-state index is -3.86. The van der Waals surface area contributed by atoms with Gasteiger partial charge in [0, 0.05) is 24.3 Å². The lowest BCUT2D eigenvalue weighted by molar-refractivity contribution is 0.0813. The van der Waals surface area contributed by atoms with Crippen LogP contribution in [0.1, 0.15) is 15.9 Å². The summed E-state index contributed by atoms with van der Waals surface area (Å²) in [7, 11) is 3.02. The van der Waals surface area contributed by atoms with Gasteiger partial charge in [-0.3, -0.25) is 4.79 Å². The zero-order valence-electron chi connectivity index (χ0n) is 7.90. The number of benzene rings is 1. The monoisotopic (exact) mass is 245 g/mol. The van der Waals surface area contributed by atoms with Crippen LogP contribution in [0, 0.1) is 0 Å². The average molecular weight is 246 g/mol. The van der Waals surface area contributed by atoms with E-state index < -0.39 is 9.05 Å².